The molecule has 0 aromatic carbocycles. The van der Waals surface area contributed by atoms with E-state index in [0.717, 1.165) is 17.9 Å². The van der Waals surface area contributed by atoms with E-state index in [4.69, 9.17) is 0 Å². The zero-order valence-corrected chi connectivity index (χ0v) is 8.52. The van der Waals surface area contributed by atoms with E-state index in [9.17, 15) is 0 Å². The quantitative estimate of drug-likeness (QED) is 0.519. The minimum atomic E-state index is 0.752. The first-order chi connectivity index (χ1) is 5.38. The number of halogens is 1. The van der Waals surface area contributed by atoms with Crippen LogP contribution in [0.15, 0.2) is 12.7 Å². The van der Waals surface area contributed by atoms with Gasteiger partial charge in [-0.15, -0.1) is 6.58 Å². The molecule has 1 aliphatic heterocycles. The molecule has 1 atom stereocenters. The summed E-state index contributed by atoms with van der Waals surface area (Å²) >= 11 is 3.55. The first-order valence-electron chi connectivity index (χ1n) is 4.29. The summed E-state index contributed by atoms with van der Waals surface area (Å²) in [6.45, 7) is 6.07. The van der Waals surface area contributed by atoms with Gasteiger partial charge in [-0.25, -0.2) is 0 Å². The van der Waals surface area contributed by atoms with Gasteiger partial charge in [0, 0.05) is 17.9 Å². The Kier molecular flexibility index (Phi) is 4.16. The van der Waals surface area contributed by atoms with Crippen molar-refractivity contribution in [3.8, 4) is 0 Å². The van der Waals surface area contributed by atoms with E-state index < -0.39 is 0 Å². The molecule has 1 fully saturated rings. The highest BCUT2D eigenvalue weighted by atomic mass is 79.9. The van der Waals surface area contributed by atoms with E-state index in [1.54, 1.807) is 0 Å². The van der Waals surface area contributed by atoms with Gasteiger partial charge in [0.25, 0.3) is 0 Å². The molecule has 0 aliphatic carbocycles. The van der Waals surface area contributed by atoms with Gasteiger partial charge in [-0.1, -0.05) is 28.4 Å². The van der Waals surface area contributed by atoms with Crippen molar-refractivity contribution >= 4 is 15.9 Å². The molecule has 1 nitrogen and oxygen atoms in total. The number of nitrogens with zero attached hydrogens (tertiary/aromatic N) is 1. The lowest BCUT2D eigenvalue weighted by Crippen LogP contribution is -2.40. The molecule has 0 N–H and O–H groups in total. The Balaban J connectivity index is 2.37. The summed E-state index contributed by atoms with van der Waals surface area (Å²) in [5.41, 5.74) is 0. The third-order valence-electron chi connectivity index (χ3n) is 2.29. The Morgan fingerprint density at radius 1 is 1.55 bits per heavy atom. The second-order valence-electron chi connectivity index (χ2n) is 3.09. The van der Waals surface area contributed by atoms with E-state index in [-0.39, 0.29) is 0 Å². The lowest BCUT2D eigenvalue weighted by Gasteiger charge is -2.33. The molecule has 0 saturated carbocycles. The average Bonchev–Trinajstić information content (AvgIpc) is 2.06. The van der Waals surface area contributed by atoms with Gasteiger partial charge in [-0.2, -0.15) is 0 Å². The van der Waals surface area contributed by atoms with Crippen molar-refractivity contribution in [3.05, 3.63) is 12.7 Å². The van der Waals surface area contributed by atoms with Gasteiger partial charge >= 0.3 is 0 Å². The third kappa shape index (κ3) is 2.60. The molecule has 1 heterocycles. The van der Waals surface area contributed by atoms with Crippen LogP contribution in [0, 0.1) is 0 Å². The number of alkyl halides is 1. The maximum Gasteiger partial charge on any atom is 0.0196 e. The molecule has 0 bridgehead atoms. The molecule has 1 unspecified atom stereocenters. The second kappa shape index (κ2) is 4.94. The molecule has 1 aliphatic rings. The second-order valence-corrected chi connectivity index (χ2v) is 3.74. The zero-order valence-electron chi connectivity index (χ0n) is 6.93. The summed E-state index contributed by atoms with van der Waals surface area (Å²) in [6.07, 6.45) is 6.10. The van der Waals surface area contributed by atoms with Gasteiger partial charge in [0.1, 0.15) is 0 Å². The molecule has 0 aromatic heterocycles. The van der Waals surface area contributed by atoms with Crippen molar-refractivity contribution < 1.29 is 0 Å². The van der Waals surface area contributed by atoms with Gasteiger partial charge in [0.2, 0.25) is 0 Å². The van der Waals surface area contributed by atoms with Crippen molar-refractivity contribution in [1.82, 2.24) is 4.90 Å². The maximum absolute atomic E-state index is 3.77. The van der Waals surface area contributed by atoms with Crippen molar-refractivity contribution in [1.29, 1.82) is 0 Å². The number of piperidine rings is 1. The molecule has 1 rings (SSSR count). The van der Waals surface area contributed by atoms with E-state index >= 15 is 0 Å². The first-order valence-corrected chi connectivity index (χ1v) is 5.41. The first kappa shape index (κ1) is 9.27. The number of rotatable bonds is 3. The lowest BCUT2D eigenvalue weighted by atomic mass is 10.0. The van der Waals surface area contributed by atoms with Crippen LogP contribution in [0.5, 0.6) is 0 Å². The van der Waals surface area contributed by atoms with Gasteiger partial charge in [-0.3, -0.25) is 4.90 Å². The minimum Gasteiger partial charge on any atom is -0.296 e. The van der Waals surface area contributed by atoms with Crippen LogP contribution in [0.3, 0.4) is 0 Å². The van der Waals surface area contributed by atoms with Crippen LogP contribution in [0.4, 0.5) is 0 Å². The van der Waals surface area contributed by atoms with Crippen LogP contribution in [-0.4, -0.2) is 29.4 Å². The summed E-state index contributed by atoms with van der Waals surface area (Å²) in [7, 11) is 0. The van der Waals surface area contributed by atoms with E-state index in [2.05, 4.69) is 27.4 Å². The van der Waals surface area contributed by atoms with Gasteiger partial charge in [-0.05, 0) is 19.4 Å². The average molecular weight is 218 g/mol. The highest BCUT2D eigenvalue weighted by Gasteiger charge is 2.19. The molecule has 0 spiro atoms. The van der Waals surface area contributed by atoms with E-state index in [1.165, 1.54) is 25.8 Å². The topological polar surface area (TPSA) is 3.24 Å². The van der Waals surface area contributed by atoms with Crippen molar-refractivity contribution in [3.63, 3.8) is 0 Å². The highest BCUT2D eigenvalue weighted by Crippen LogP contribution is 2.17. The fraction of sp³-hybridized carbons (Fsp3) is 0.778. The minimum absolute atomic E-state index is 0.752. The summed E-state index contributed by atoms with van der Waals surface area (Å²) in [5.74, 6) is 0. The Bertz CT molecular complexity index is 125. The molecular formula is C9H16BrN. The van der Waals surface area contributed by atoms with E-state index in [0.29, 0.717) is 0 Å². The summed E-state index contributed by atoms with van der Waals surface area (Å²) in [4.78, 5) is 2.51. The Labute approximate surface area is 77.6 Å². The normalized spacial score (nSPS) is 26.8. The number of likely N-dealkylation sites (tertiary alicyclic amines) is 1. The van der Waals surface area contributed by atoms with Crippen LogP contribution in [-0.2, 0) is 0 Å². The van der Waals surface area contributed by atoms with Crippen LogP contribution in [0.2, 0.25) is 0 Å². The predicted octanol–water partition coefficient (Wildman–Crippen LogP) is 2.42. The smallest absolute Gasteiger partial charge is 0.0196 e. The fourth-order valence-corrected chi connectivity index (χ4v) is 2.37. The maximum atomic E-state index is 3.77. The van der Waals surface area contributed by atoms with E-state index in [1.807, 2.05) is 6.08 Å². The summed E-state index contributed by atoms with van der Waals surface area (Å²) in [6, 6.07) is 0.752. The molecule has 64 valence electrons. The SMILES string of the molecule is C=CCN1CCCCC1CBr. The van der Waals surface area contributed by atoms with Crippen molar-refractivity contribution in [2.45, 2.75) is 25.3 Å². The number of hydrogen-bond donors (Lipinski definition) is 0. The lowest BCUT2D eigenvalue weighted by molar-refractivity contribution is 0.183. The Hall–Kier alpha value is 0.180. The molecule has 2 heteroatoms. The predicted molar refractivity (Wildman–Crippen MR) is 53.2 cm³/mol. The highest BCUT2D eigenvalue weighted by molar-refractivity contribution is 9.09. The van der Waals surface area contributed by atoms with Crippen molar-refractivity contribution in [2.24, 2.45) is 0 Å². The molecule has 11 heavy (non-hydrogen) atoms. The van der Waals surface area contributed by atoms with Crippen LogP contribution < -0.4 is 0 Å². The standard InChI is InChI=1S/C9H16BrN/c1-2-6-11-7-4-3-5-9(11)8-10/h2,9H,1,3-8H2. The number of hydrogen-bond acceptors (Lipinski definition) is 1. The summed E-state index contributed by atoms with van der Waals surface area (Å²) < 4.78 is 0. The fourth-order valence-electron chi connectivity index (χ4n) is 1.64. The van der Waals surface area contributed by atoms with Crippen LogP contribution in [0.25, 0.3) is 0 Å². The molecular weight excluding hydrogens is 202 g/mol. The van der Waals surface area contributed by atoms with Gasteiger partial charge < -0.3 is 0 Å². The zero-order chi connectivity index (χ0) is 8.10. The molecule has 0 aromatic rings. The Morgan fingerprint density at radius 3 is 3.00 bits per heavy atom. The largest absolute Gasteiger partial charge is 0.296 e. The third-order valence-corrected chi connectivity index (χ3v) is 3.04. The van der Waals surface area contributed by atoms with Gasteiger partial charge in [0.15, 0.2) is 0 Å². The monoisotopic (exact) mass is 217 g/mol. The molecule has 0 radical (unpaired) electrons. The van der Waals surface area contributed by atoms with Gasteiger partial charge in [0.05, 0.1) is 0 Å². The molecule has 0 amide bonds. The van der Waals surface area contributed by atoms with Crippen LogP contribution in [0.1, 0.15) is 19.3 Å². The Morgan fingerprint density at radius 2 is 2.36 bits per heavy atom. The molecule has 1 saturated heterocycles. The summed E-state index contributed by atoms with van der Waals surface area (Å²) in [5, 5.41) is 1.11. The van der Waals surface area contributed by atoms with Crippen molar-refractivity contribution in [2.75, 3.05) is 18.4 Å². The van der Waals surface area contributed by atoms with Crippen LogP contribution >= 0.6 is 15.9 Å².